The fourth-order valence-corrected chi connectivity index (χ4v) is 2.88. The van der Waals surface area contributed by atoms with Gasteiger partial charge in [-0.05, 0) is 36.2 Å². The lowest BCUT2D eigenvalue weighted by atomic mass is 9.64. The topological polar surface area (TPSA) is 124 Å². The first kappa shape index (κ1) is 16.8. The maximum atomic E-state index is 12.4. The first-order valence-corrected chi connectivity index (χ1v) is 7.62. The lowest BCUT2D eigenvalue weighted by Crippen LogP contribution is -2.35. The van der Waals surface area contributed by atoms with Gasteiger partial charge in [-0.1, -0.05) is 12.1 Å². The molecule has 0 spiro atoms. The minimum absolute atomic E-state index is 0.0372. The van der Waals surface area contributed by atoms with Crippen LogP contribution in [0, 0.1) is 0 Å². The van der Waals surface area contributed by atoms with Crippen LogP contribution in [0.25, 0.3) is 0 Å². The Morgan fingerprint density at radius 2 is 1.92 bits per heavy atom. The van der Waals surface area contributed by atoms with Gasteiger partial charge in [0, 0.05) is 17.8 Å². The van der Waals surface area contributed by atoms with Gasteiger partial charge >= 0.3 is 13.1 Å². The summed E-state index contributed by atoms with van der Waals surface area (Å²) in [5.74, 6) is -2.65. The largest absolute Gasteiger partial charge is 0.535 e. The molecular weight excluding hydrogens is 327 g/mol. The van der Waals surface area contributed by atoms with Crippen molar-refractivity contribution in [2.75, 3.05) is 0 Å². The van der Waals surface area contributed by atoms with Gasteiger partial charge in [0.25, 0.3) is 0 Å². The molecule has 3 rings (SSSR count). The Bertz CT molecular complexity index is 849. The first-order valence-electron chi connectivity index (χ1n) is 7.62. The molecule has 4 N–H and O–H groups in total. The van der Waals surface area contributed by atoms with E-state index in [4.69, 9.17) is 4.65 Å². The molecule has 1 atom stereocenters. The summed E-state index contributed by atoms with van der Waals surface area (Å²) >= 11 is 0. The van der Waals surface area contributed by atoms with Gasteiger partial charge in [-0.25, -0.2) is 4.79 Å². The number of ketones is 1. The van der Waals surface area contributed by atoms with Gasteiger partial charge in [-0.2, -0.15) is 0 Å². The number of aromatic hydroxyl groups is 2. The third-order valence-corrected chi connectivity index (χ3v) is 4.20. The number of Topliss-reactive ketones (excluding diaryl/α,β-unsaturated/α-hetero) is 1. The molecule has 0 unspecified atom stereocenters. The van der Waals surface area contributed by atoms with Gasteiger partial charge in [0.05, 0.1) is 5.56 Å². The van der Waals surface area contributed by atoms with E-state index in [2.05, 4.69) is 0 Å². The Morgan fingerprint density at radius 1 is 1.16 bits per heavy atom. The van der Waals surface area contributed by atoms with Gasteiger partial charge in [0.15, 0.2) is 17.3 Å². The highest BCUT2D eigenvalue weighted by atomic mass is 16.5. The number of phenolic OH excluding ortho intramolecular Hbond substituents is 2. The number of hydrogen-bond donors (Lipinski definition) is 4. The van der Waals surface area contributed by atoms with E-state index in [1.807, 2.05) is 0 Å². The highest BCUT2D eigenvalue weighted by Gasteiger charge is 2.37. The molecule has 128 valence electrons. The van der Waals surface area contributed by atoms with E-state index in [0.717, 1.165) is 6.07 Å². The lowest BCUT2D eigenvalue weighted by molar-refractivity contribution is 0.0693. The van der Waals surface area contributed by atoms with Crippen LogP contribution in [0.15, 0.2) is 36.4 Å². The Labute approximate surface area is 143 Å². The SMILES string of the molecule is O=C(C[C@H]1Cc2cccc(C(=O)O)c2OB1O)c1ccc(O)c(O)c1. The number of carbonyl (C=O) groups is 2. The Morgan fingerprint density at radius 3 is 2.60 bits per heavy atom. The van der Waals surface area contributed by atoms with E-state index in [0.29, 0.717) is 5.56 Å². The average molecular weight is 342 g/mol. The quantitative estimate of drug-likeness (QED) is 0.380. The smallest absolute Gasteiger partial charge is 0.526 e. The number of para-hydroxylation sites is 1. The molecule has 1 aliphatic heterocycles. The van der Waals surface area contributed by atoms with E-state index in [1.54, 1.807) is 12.1 Å². The number of carbonyl (C=O) groups excluding carboxylic acids is 1. The molecule has 1 aliphatic rings. The number of hydrogen-bond acceptors (Lipinski definition) is 6. The van der Waals surface area contributed by atoms with Crippen molar-refractivity contribution in [2.45, 2.75) is 18.7 Å². The highest BCUT2D eigenvalue weighted by Crippen LogP contribution is 2.37. The van der Waals surface area contributed by atoms with Crippen LogP contribution in [0.2, 0.25) is 5.82 Å². The van der Waals surface area contributed by atoms with Crippen LogP contribution < -0.4 is 4.65 Å². The van der Waals surface area contributed by atoms with Crippen LogP contribution in [-0.2, 0) is 6.42 Å². The third-order valence-electron chi connectivity index (χ3n) is 4.20. The molecule has 25 heavy (non-hydrogen) atoms. The molecule has 0 aliphatic carbocycles. The zero-order valence-electron chi connectivity index (χ0n) is 13.0. The van der Waals surface area contributed by atoms with Crippen LogP contribution in [0.1, 0.15) is 32.7 Å². The van der Waals surface area contributed by atoms with E-state index in [1.165, 1.54) is 18.2 Å². The second-order valence-electron chi connectivity index (χ2n) is 5.90. The molecular formula is C17H15BO7. The standard InChI is InChI=1S/C17H15BO7/c19-13-5-4-9(7-15(13)21)14(20)8-11-6-10-2-1-3-12(17(22)23)16(10)25-18(11)24/h1-5,7,11,19,21,24H,6,8H2,(H,22,23)/t11-/m1/s1. The predicted molar refractivity (Wildman–Crippen MR) is 88.2 cm³/mol. The van der Waals surface area contributed by atoms with Crippen molar-refractivity contribution < 1.29 is 34.6 Å². The molecule has 0 saturated carbocycles. The van der Waals surface area contributed by atoms with Crippen molar-refractivity contribution in [2.24, 2.45) is 0 Å². The summed E-state index contributed by atoms with van der Waals surface area (Å²) in [6.07, 6.45) is 0.232. The van der Waals surface area contributed by atoms with E-state index in [-0.39, 0.29) is 41.3 Å². The summed E-state index contributed by atoms with van der Waals surface area (Å²) in [7, 11) is -1.32. The third kappa shape index (κ3) is 3.29. The number of rotatable bonds is 4. The van der Waals surface area contributed by atoms with Crippen molar-refractivity contribution in [1.29, 1.82) is 0 Å². The second-order valence-corrected chi connectivity index (χ2v) is 5.90. The Kier molecular flexibility index (Phi) is 4.37. The van der Waals surface area contributed by atoms with Crippen molar-refractivity contribution >= 4 is 18.9 Å². The van der Waals surface area contributed by atoms with E-state index < -0.39 is 24.7 Å². The predicted octanol–water partition coefficient (Wildman–Crippen LogP) is 1.85. The summed E-state index contributed by atoms with van der Waals surface area (Å²) in [6, 6.07) is 8.41. The van der Waals surface area contributed by atoms with Gasteiger partial charge < -0.3 is 25.0 Å². The van der Waals surface area contributed by atoms with Gasteiger partial charge in [0.1, 0.15) is 5.75 Å². The molecule has 7 nitrogen and oxygen atoms in total. The molecule has 0 bridgehead atoms. The normalized spacial score (nSPS) is 16.0. The number of fused-ring (bicyclic) bond motifs is 1. The van der Waals surface area contributed by atoms with Crippen LogP contribution >= 0.6 is 0 Å². The lowest BCUT2D eigenvalue weighted by Gasteiger charge is -2.28. The number of benzene rings is 2. The van der Waals surface area contributed by atoms with Gasteiger partial charge in [-0.15, -0.1) is 0 Å². The maximum Gasteiger partial charge on any atom is 0.526 e. The van der Waals surface area contributed by atoms with E-state index in [9.17, 15) is 29.9 Å². The van der Waals surface area contributed by atoms with Crippen molar-refractivity contribution in [3.8, 4) is 17.2 Å². The zero-order valence-corrected chi connectivity index (χ0v) is 13.0. The number of aromatic carboxylic acids is 1. The van der Waals surface area contributed by atoms with Crippen molar-refractivity contribution in [1.82, 2.24) is 0 Å². The van der Waals surface area contributed by atoms with Gasteiger partial charge in [-0.3, -0.25) is 4.79 Å². The molecule has 0 saturated heterocycles. The maximum absolute atomic E-state index is 12.4. The summed E-state index contributed by atoms with van der Waals surface area (Å²) in [6.45, 7) is 0. The summed E-state index contributed by atoms with van der Waals surface area (Å²) in [5, 5.41) is 38.1. The fourth-order valence-electron chi connectivity index (χ4n) is 2.88. The Hall–Kier alpha value is -3.00. The summed E-state index contributed by atoms with van der Waals surface area (Å²) in [5.41, 5.74) is 0.772. The fraction of sp³-hybridized carbons (Fsp3) is 0.176. The zero-order chi connectivity index (χ0) is 18.1. The molecule has 0 fully saturated rings. The minimum Gasteiger partial charge on any atom is -0.535 e. The molecule has 0 aromatic heterocycles. The molecule has 0 radical (unpaired) electrons. The molecule has 0 amide bonds. The molecule has 8 heteroatoms. The van der Waals surface area contributed by atoms with E-state index >= 15 is 0 Å². The van der Waals surface area contributed by atoms with Crippen LogP contribution in [0.4, 0.5) is 0 Å². The molecule has 2 aromatic rings. The number of carboxylic acid groups (broad SMARTS) is 1. The number of phenols is 2. The first-order chi connectivity index (χ1) is 11.9. The van der Waals surface area contributed by atoms with Crippen LogP contribution in [0.5, 0.6) is 17.2 Å². The summed E-state index contributed by atoms with van der Waals surface area (Å²) < 4.78 is 5.35. The van der Waals surface area contributed by atoms with Crippen LogP contribution in [0.3, 0.4) is 0 Å². The second kappa shape index (κ2) is 6.48. The van der Waals surface area contributed by atoms with Crippen LogP contribution in [-0.4, -0.2) is 39.2 Å². The minimum atomic E-state index is -1.32. The monoisotopic (exact) mass is 342 g/mol. The van der Waals surface area contributed by atoms with Crippen molar-refractivity contribution in [3.63, 3.8) is 0 Å². The Balaban J connectivity index is 1.80. The summed E-state index contributed by atoms with van der Waals surface area (Å²) in [4.78, 5) is 23.6. The molecule has 1 heterocycles. The van der Waals surface area contributed by atoms with Gasteiger partial charge in [0.2, 0.25) is 0 Å². The van der Waals surface area contributed by atoms with Crippen molar-refractivity contribution in [3.05, 3.63) is 53.1 Å². The molecule has 2 aromatic carbocycles. The number of carboxylic acids is 1. The highest BCUT2D eigenvalue weighted by molar-refractivity contribution is 6.47. The average Bonchev–Trinajstić information content (AvgIpc) is 2.57.